The van der Waals surface area contributed by atoms with E-state index in [1.165, 1.54) is 11.1 Å². The van der Waals surface area contributed by atoms with Crippen molar-refractivity contribution in [2.45, 2.75) is 19.5 Å². The number of benzene rings is 2. The molecule has 2 aromatic carbocycles. The Labute approximate surface area is 111 Å². The normalized spacial score (nSPS) is 12.6. The first-order valence-corrected chi connectivity index (χ1v) is 6.49. The van der Waals surface area contributed by atoms with E-state index in [9.17, 15) is 0 Å². The lowest BCUT2D eigenvalue weighted by Crippen LogP contribution is -2.15. The molecule has 0 heterocycles. The largest absolute Gasteiger partial charge is 0.231 e. The van der Waals surface area contributed by atoms with E-state index in [0.717, 1.165) is 6.54 Å². The van der Waals surface area contributed by atoms with Gasteiger partial charge in [-0.3, -0.25) is 0 Å². The third-order valence-corrected chi connectivity index (χ3v) is 3.74. The summed E-state index contributed by atoms with van der Waals surface area (Å²) in [7, 11) is 0. The average Bonchev–Trinajstić information content (AvgIpc) is 2.40. The molecule has 0 fully saturated rings. The first kappa shape index (κ1) is 12.3. The van der Waals surface area contributed by atoms with Crippen LogP contribution in [0.5, 0.6) is 0 Å². The van der Waals surface area contributed by atoms with E-state index in [4.69, 9.17) is 0 Å². The molecule has 0 spiro atoms. The third-order valence-electron chi connectivity index (χ3n) is 2.88. The molecule has 1 nitrogen and oxygen atoms in total. The molecule has 0 aliphatic heterocycles. The van der Waals surface area contributed by atoms with E-state index in [1.807, 2.05) is 12.1 Å². The Balaban J connectivity index is 2.03. The van der Waals surface area contributed by atoms with Crippen LogP contribution in [0, 0.1) is 0 Å². The molecular weight excluding hydrogens is 274 g/mol. The summed E-state index contributed by atoms with van der Waals surface area (Å²) in [4.78, 5) is 0. The minimum atomic E-state index is 0.358. The molecule has 0 amide bonds. The molecule has 1 unspecified atom stereocenters. The van der Waals surface area contributed by atoms with Crippen molar-refractivity contribution in [3.63, 3.8) is 0 Å². The molecule has 0 bridgehead atoms. The van der Waals surface area contributed by atoms with Gasteiger partial charge >= 0.3 is 0 Å². The monoisotopic (exact) mass is 289 g/mol. The van der Waals surface area contributed by atoms with Crippen molar-refractivity contribution in [3.05, 3.63) is 71.8 Å². The highest BCUT2D eigenvalue weighted by atomic mass is 79.9. The molecule has 1 atom stereocenters. The first-order valence-electron chi connectivity index (χ1n) is 5.78. The molecule has 0 saturated heterocycles. The van der Waals surface area contributed by atoms with Crippen LogP contribution in [0.15, 0.2) is 60.7 Å². The Hall–Kier alpha value is -1.12. The SMILES string of the molecule is CC(c1ccccc1)N(Br)Cc1ccccc1. The highest BCUT2D eigenvalue weighted by molar-refractivity contribution is 9.07. The zero-order valence-corrected chi connectivity index (χ0v) is 11.5. The molecular formula is C15H16BrN. The maximum Gasteiger partial charge on any atom is 0.0430 e. The number of nitrogens with zero attached hydrogens (tertiary/aromatic N) is 1. The summed E-state index contributed by atoms with van der Waals surface area (Å²) < 4.78 is 2.18. The summed E-state index contributed by atoms with van der Waals surface area (Å²) in [6.45, 7) is 3.10. The van der Waals surface area contributed by atoms with Gasteiger partial charge in [0.25, 0.3) is 0 Å². The Kier molecular flexibility index (Phi) is 4.35. The van der Waals surface area contributed by atoms with Gasteiger partial charge in [0.05, 0.1) is 0 Å². The molecule has 17 heavy (non-hydrogen) atoms. The van der Waals surface area contributed by atoms with Crippen molar-refractivity contribution in [1.82, 2.24) is 3.93 Å². The predicted octanol–water partition coefficient (Wildman–Crippen LogP) is 4.56. The van der Waals surface area contributed by atoms with Crippen LogP contribution in [0.4, 0.5) is 0 Å². The van der Waals surface area contributed by atoms with Gasteiger partial charge in [0, 0.05) is 28.7 Å². The summed E-state index contributed by atoms with van der Waals surface area (Å²) >= 11 is 3.65. The van der Waals surface area contributed by atoms with Crippen molar-refractivity contribution in [3.8, 4) is 0 Å². The Morgan fingerprint density at radius 1 is 0.941 bits per heavy atom. The van der Waals surface area contributed by atoms with Crippen LogP contribution in [0.2, 0.25) is 0 Å². The van der Waals surface area contributed by atoms with Crippen LogP contribution in [0.25, 0.3) is 0 Å². The zero-order valence-electron chi connectivity index (χ0n) is 9.88. The van der Waals surface area contributed by atoms with Gasteiger partial charge in [0.2, 0.25) is 0 Å². The van der Waals surface area contributed by atoms with Gasteiger partial charge in [0.1, 0.15) is 0 Å². The molecule has 2 heteroatoms. The van der Waals surface area contributed by atoms with Gasteiger partial charge in [-0.2, -0.15) is 0 Å². The summed E-state index contributed by atoms with van der Waals surface area (Å²) in [5, 5.41) is 0. The Bertz CT molecular complexity index is 441. The highest BCUT2D eigenvalue weighted by Gasteiger charge is 2.12. The summed E-state index contributed by atoms with van der Waals surface area (Å²) in [5.74, 6) is 0. The van der Waals surface area contributed by atoms with E-state index >= 15 is 0 Å². The summed E-state index contributed by atoms with van der Waals surface area (Å²) in [5.41, 5.74) is 2.63. The number of hydrogen-bond donors (Lipinski definition) is 0. The van der Waals surface area contributed by atoms with Crippen molar-refractivity contribution in [2.75, 3.05) is 0 Å². The van der Waals surface area contributed by atoms with Crippen LogP contribution < -0.4 is 0 Å². The third kappa shape index (κ3) is 3.42. The van der Waals surface area contributed by atoms with Crippen LogP contribution in [-0.2, 0) is 6.54 Å². The van der Waals surface area contributed by atoms with Crippen LogP contribution in [-0.4, -0.2) is 3.93 Å². The fourth-order valence-corrected chi connectivity index (χ4v) is 2.31. The van der Waals surface area contributed by atoms with Crippen LogP contribution in [0.1, 0.15) is 24.1 Å². The highest BCUT2D eigenvalue weighted by Crippen LogP contribution is 2.25. The second kappa shape index (κ2) is 5.99. The minimum absolute atomic E-state index is 0.358. The minimum Gasteiger partial charge on any atom is -0.231 e. The second-order valence-electron chi connectivity index (χ2n) is 4.13. The fourth-order valence-electron chi connectivity index (χ4n) is 1.79. The quantitative estimate of drug-likeness (QED) is 0.746. The Morgan fingerprint density at radius 3 is 2.06 bits per heavy atom. The lowest BCUT2D eigenvalue weighted by Gasteiger charge is -2.22. The second-order valence-corrected chi connectivity index (χ2v) is 5.04. The topological polar surface area (TPSA) is 3.24 Å². The average molecular weight is 290 g/mol. The number of rotatable bonds is 4. The van der Waals surface area contributed by atoms with E-state index in [1.54, 1.807) is 0 Å². The molecule has 88 valence electrons. The van der Waals surface area contributed by atoms with Gasteiger partial charge in [0.15, 0.2) is 0 Å². The van der Waals surface area contributed by atoms with E-state index < -0.39 is 0 Å². The van der Waals surface area contributed by atoms with Crippen LogP contribution in [0.3, 0.4) is 0 Å². The lowest BCUT2D eigenvalue weighted by molar-refractivity contribution is 0.392. The summed E-state index contributed by atoms with van der Waals surface area (Å²) in [6.07, 6.45) is 0. The van der Waals surface area contributed by atoms with E-state index in [2.05, 4.69) is 75.5 Å². The van der Waals surface area contributed by atoms with Gasteiger partial charge in [-0.1, -0.05) is 60.7 Å². The molecule has 2 rings (SSSR count). The lowest BCUT2D eigenvalue weighted by atomic mass is 10.1. The first-order chi connectivity index (χ1) is 8.27. The fraction of sp³-hybridized carbons (Fsp3) is 0.200. The van der Waals surface area contributed by atoms with Crippen molar-refractivity contribution < 1.29 is 0 Å². The van der Waals surface area contributed by atoms with Gasteiger partial charge in [-0.25, -0.2) is 3.93 Å². The molecule has 0 aromatic heterocycles. The Morgan fingerprint density at radius 2 is 1.47 bits per heavy atom. The molecule has 0 saturated carbocycles. The maximum absolute atomic E-state index is 3.65. The predicted molar refractivity (Wildman–Crippen MR) is 75.8 cm³/mol. The summed E-state index contributed by atoms with van der Waals surface area (Å²) in [6, 6.07) is 21.4. The molecule has 0 aliphatic carbocycles. The number of halogens is 1. The zero-order chi connectivity index (χ0) is 12.1. The molecule has 2 aromatic rings. The van der Waals surface area contributed by atoms with Crippen molar-refractivity contribution >= 4 is 16.1 Å². The molecule has 0 radical (unpaired) electrons. The van der Waals surface area contributed by atoms with E-state index in [0.29, 0.717) is 6.04 Å². The van der Waals surface area contributed by atoms with Gasteiger partial charge in [-0.15, -0.1) is 0 Å². The molecule has 0 N–H and O–H groups in total. The van der Waals surface area contributed by atoms with Gasteiger partial charge in [-0.05, 0) is 18.1 Å². The standard InChI is InChI=1S/C15H16BrN/c1-13(15-10-6-3-7-11-15)17(16)12-14-8-4-2-5-9-14/h2-11,13H,12H2,1H3. The number of hydrogen-bond acceptors (Lipinski definition) is 1. The van der Waals surface area contributed by atoms with E-state index in [-0.39, 0.29) is 0 Å². The van der Waals surface area contributed by atoms with Crippen molar-refractivity contribution in [2.24, 2.45) is 0 Å². The van der Waals surface area contributed by atoms with Crippen molar-refractivity contribution in [1.29, 1.82) is 0 Å². The van der Waals surface area contributed by atoms with Crippen LogP contribution >= 0.6 is 16.1 Å². The van der Waals surface area contributed by atoms with Gasteiger partial charge < -0.3 is 0 Å². The molecule has 0 aliphatic rings. The maximum atomic E-state index is 3.65. The smallest absolute Gasteiger partial charge is 0.0430 e.